The highest BCUT2D eigenvalue weighted by Gasteiger charge is 2.31. The van der Waals surface area contributed by atoms with Crippen LogP contribution in [0.1, 0.15) is 48.4 Å². The Balaban J connectivity index is 1.71. The summed E-state index contributed by atoms with van der Waals surface area (Å²) in [5.41, 5.74) is 2.01. The minimum absolute atomic E-state index is 0.213. The molecule has 1 amide bonds. The number of carbonyl (C=O) groups excluding carboxylic acids is 3. The van der Waals surface area contributed by atoms with Crippen molar-refractivity contribution in [1.29, 1.82) is 0 Å². The Kier molecular flexibility index (Phi) is 6.15. The number of para-hydroxylation sites is 1. The van der Waals surface area contributed by atoms with Gasteiger partial charge in [-0.15, -0.1) is 0 Å². The minimum Gasteiger partial charge on any atom is -0.447 e. The van der Waals surface area contributed by atoms with E-state index in [-0.39, 0.29) is 11.5 Å². The molecule has 1 unspecified atom stereocenters. The van der Waals surface area contributed by atoms with Crippen LogP contribution in [0.25, 0.3) is 5.69 Å². The van der Waals surface area contributed by atoms with Crippen molar-refractivity contribution in [3.63, 3.8) is 0 Å². The predicted molar refractivity (Wildman–Crippen MR) is 108 cm³/mol. The SMILES string of the molecule is Cc1nn(-c2ccccc2)c(C)c1C(=O)C(=O)OC(C)C(=O)N1CCC(C)CC1. The molecule has 7 heteroatoms. The molecule has 3 rings (SSSR count). The van der Waals surface area contributed by atoms with Crippen molar-refractivity contribution in [2.45, 2.75) is 46.6 Å². The molecule has 0 bridgehead atoms. The third-order valence-corrected chi connectivity index (χ3v) is 5.43. The number of amides is 1. The van der Waals surface area contributed by atoms with Crippen molar-refractivity contribution in [3.05, 3.63) is 47.3 Å². The van der Waals surface area contributed by atoms with Gasteiger partial charge in [-0.1, -0.05) is 25.1 Å². The molecule has 1 aliphatic rings. The summed E-state index contributed by atoms with van der Waals surface area (Å²) in [4.78, 5) is 39.5. The van der Waals surface area contributed by atoms with E-state index in [0.717, 1.165) is 18.5 Å². The molecule has 0 N–H and O–H groups in total. The third kappa shape index (κ3) is 4.39. The van der Waals surface area contributed by atoms with Gasteiger partial charge in [0.1, 0.15) is 0 Å². The van der Waals surface area contributed by atoms with Gasteiger partial charge in [-0.05, 0) is 51.7 Å². The molecule has 1 saturated heterocycles. The number of esters is 1. The van der Waals surface area contributed by atoms with E-state index >= 15 is 0 Å². The summed E-state index contributed by atoms with van der Waals surface area (Å²) in [5, 5.41) is 4.39. The molecular formula is C22H27N3O4. The zero-order chi connectivity index (χ0) is 21.1. The number of hydrogen-bond donors (Lipinski definition) is 0. The number of ketones is 1. The molecule has 7 nitrogen and oxygen atoms in total. The van der Waals surface area contributed by atoms with Gasteiger partial charge in [-0.25, -0.2) is 9.48 Å². The molecule has 154 valence electrons. The molecule has 2 aromatic rings. The summed E-state index contributed by atoms with van der Waals surface area (Å²) in [7, 11) is 0. The fraction of sp³-hybridized carbons (Fsp3) is 0.455. The second kappa shape index (κ2) is 8.59. The van der Waals surface area contributed by atoms with Crippen molar-refractivity contribution in [3.8, 4) is 5.69 Å². The standard InChI is InChI=1S/C22H27N3O4/c1-14-10-12-24(13-11-14)21(27)17(4)29-22(28)20(26)19-15(2)23-25(16(19)3)18-8-6-5-7-9-18/h5-9,14,17H,10-13H2,1-4H3. The molecule has 0 saturated carbocycles. The minimum atomic E-state index is -1.03. The van der Waals surface area contributed by atoms with Crippen LogP contribution in [0, 0.1) is 19.8 Å². The molecule has 0 spiro atoms. The number of ether oxygens (including phenoxy) is 1. The maximum atomic E-state index is 12.8. The van der Waals surface area contributed by atoms with Crippen LogP contribution in [-0.2, 0) is 14.3 Å². The number of carbonyl (C=O) groups is 3. The van der Waals surface area contributed by atoms with E-state index in [2.05, 4.69) is 12.0 Å². The van der Waals surface area contributed by atoms with E-state index in [1.807, 2.05) is 30.3 Å². The molecule has 1 aromatic heterocycles. The Morgan fingerprint density at radius 3 is 2.34 bits per heavy atom. The quantitative estimate of drug-likeness (QED) is 0.440. The Bertz CT molecular complexity index is 912. The van der Waals surface area contributed by atoms with Crippen LogP contribution >= 0.6 is 0 Å². The van der Waals surface area contributed by atoms with Crippen LogP contribution in [0.15, 0.2) is 30.3 Å². The third-order valence-electron chi connectivity index (χ3n) is 5.43. The number of piperidine rings is 1. The predicted octanol–water partition coefficient (Wildman–Crippen LogP) is 2.86. The number of nitrogens with zero attached hydrogens (tertiary/aromatic N) is 3. The van der Waals surface area contributed by atoms with E-state index in [9.17, 15) is 14.4 Å². The Labute approximate surface area is 170 Å². The number of aromatic nitrogens is 2. The first-order chi connectivity index (χ1) is 13.8. The topological polar surface area (TPSA) is 81.5 Å². The summed E-state index contributed by atoms with van der Waals surface area (Å²) < 4.78 is 6.84. The summed E-state index contributed by atoms with van der Waals surface area (Å²) in [5.74, 6) is -1.49. The van der Waals surface area contributed by atoms with E-state index in [0.29, 0.717) is 30.4 Å². The maximum absolute atomic E-state index is 12.8. The number of Topliss-reactive ketones (excluding diaryl/α,β-unsaturated/α-hetero) is 1. The van der Waals surface area contributed by atoms with Gasteiger partial charge in [0.25, 0.3) is 11.7 Å². The number of likely N-dealkylation sites (tertiary alicyclic amines) is 1. The molecule has 1 fully saturated rings. The van der Waals surface area contributed by atoms with Crippen molar-refractivity contribution >= 4 is 17.7 Å². The van der Waals surface area contributed by atoms with E-state index in [1.54, 1.807) is 23.4 Å². The molecule has 0 aliphatic carbocycles. The lowest BCUT2D eigenvalue weighted by molar-refractivity contribution is -0.156. The molecule has 1 aromatic carbocycles. The first-order valence-electron chi connectivity index (χ1n) is 9.95. The average Bonchev–Trinajstić information content (AvgIpc) is 3.02. The molecule has 1 aliphatic heterocycles. The van der Waals surface area contributed by atoms with Crippen molar-refractivity contribution in [2.75, 3.05) is 13.1 Å². The zero-order valence-corrected chi connectivity index (χ0v) is 17.3. The van der Waals surface area contributed by atoms with Crippen LogP contribution in [0.4, 0.5) is 0 Å². The number of rotatable bonds is 5. The second-order valence-corrected chi connectivity index (χ2v) is 7.68. The summed E-state index contributed by atoms with van der Waals surface area (Å²) in [6, 6.07) is 9.37. The van der Waals surface area contributed by atoms with Gasteiger partial charge in [-0.2, -0.15) is 5.10 Å². The van der Waals surface area contributed by atoms with Crippen LogP contribution in [0.2, 0.25) is 0 Å². The lowest BCUT2D eigenvalue weighted by Crippen LogP contribution is -2.44. The molecule has 29 heavy (non-hydrogen) atoms. The van der Waals surface area contributed by atoms with Crippen molar-refractivity contribution in [1.82, 2.24) is 14.7 Å². The van der Waals surface area contributed by atoms with Gasteiger partial charge in [0.2, 0.25) is 0 Å². The van der Waals surface area contributed by atoms with Gasteiger partial charge >= 0.3 is 5.97 Å². The van der Waals surface area contributed by atoms with Crippen LogP contribution in [0.5, 0.6) is 0 Å². The Morgan fingerprint density at radius 1 is 1.10 bits per heavy atom. The number of aryl methyl sites for hydroxylation is 1. The summed E-state index contributed by atoms with van der Waals surface area (Å²) in [6.45, 7) is 8.38. The molecule has 0 radical (unpaired) electrons. The van der Waals surface area contributed by atoms with E-state index in [1.165, 1.54) is 6.92 Å². The normalized spacial score (nSPS) is 15.8. The highest BCUT2D eigenvalue weighted by Crippen LogP contribution is 2.20. The van der Waals surface area contributed by atoms with Gasteiger partial charge in [0.05, 0.1) is 22.6 Å². The van der Waals surface area contributed by atoms with Gasteiger partial charge in [0, 0.05) is 13.1 Å². The fourth-order valence-corrected chi connectivity index (χ4v) is 3.64. The maximum Gasteiger partial charge on any atom is 0.380 e. The average molecular weight is 397 g/mol. The van der Waals surface area contributed by atoms with E-state index < -0.39 is 17.9 Å². The monoisotopic (exact) mass is 397 g/mol. The second-order valence-electron chi connectivity index (χ2n) is 7.68. The first kappa shape index (κ1) is 20.8. The van der Waals surface area contributed by atoms with Crippen molar-refractivity contribution in [2.24, 2.45) is 5.92 Å². The first-order valence-corrected chi connectivity index (χ1v) is 9.95. The van der Waals surface area contributed by atoms with Gasteiger partial charge < -0.3 is 9.64 Å². The van der Waals surface area contributed by atoms with Crippen LogP contribution < -0.4 is 0 Å². The van der Waals surface area contributed by atoms with E-state index in [4.69, 9.17) is 4.74 Å². The lowest BCUT2D eigenvalue weighted by Gasteiger charge is -2.31. The van der Waals surface area contributed by atoms with Gasteiger partial charge in [0.15, 0.2) is 6.10 Å². The zero-order valence-electron chi connectivity index (χ0n) is 17.3. The highest BCUT2D eigenvalue weighted by atomic mass is 16.6. The number of hydrogen-bond acceptors (Lipinski definition) is 5. The summed E-state index contributed by atoms with van der Waals surface area (Å²) in [6.07, 6.45) is 0.870. The Hall–Kier alpha value is -2.96. The summed E-state index contributed by atoms with van der Waals surface area (Å²) >= 11 is 0. The molecule has 2 heterocycles. The van der Waals surface area contributed by atoms with Crippen LogP contribution in [-0.4, -0.2) is 51.5 Å². The molecule has 1 atom stereocenters. The van der Waals surface area contributed by atoms with Crippen LogP contribution in [0.3, 0.4) is 0 Å². The fourth-order valence-electron chi connectivity index (χ4n) is 3.64. The lowest BCUT2D eigenvalue weighted by atomic mass is 9.99. The van der Waals surface area contributed by atoms with Gasteiger partial charge in [-0.3, -0.25) is 9.59 Å². The highest BCUT2D eigenvalue weighted by molar-refractivity contribution is 6.41. The largest absolute Gasteiger partial charge is 0.447 e. The molecular weight excluding hydrogens is 370 g/mol. The Morgan fingerprint density at radius 2 is 1.72 bits per heavy atom. The smallest absolute Gasteiger partial charge is 0.380 e. The van der Waals surface area contributed by atoms with Crippen molar-refractivity contribution < 1.29 is 19.1 Å². The number of benzene rings is 1.